The lowest BCUT2D eigenvalue weighted by molar-refractivity contribution is -0.105. The molecule has 0 N–H and O–H groups in total. The number of rotatable bonds is 8. The summed E-state index contributed by atoms with van der Waals surface area (Å²) in [5.74, 6) is 0. The lowest BCUT2D eigenvalue weighted by Gasteiger charge is -1.81. The Morgan fingerprint density at radius 2 is 0.583 bits per heavy atom. The second-order valence-corrected chi connectivity index (χ2v) is 4.88. The SMILES string of the molecule is C/C(C=O)=C/C=C/C=C(\C)C=O.C\C(C=O)=C/C=C/C=C(\C)C=O. The molecule has 4 nitrogen and oxygen atoms in total. The number of carbonyl (C=O) groups excluding carboxylic acids is 4. The van der Waals surface area contributed by atoms with Crippen LogP contribution in [0.1, 0.15) is 27.7 Å². The molecule has 24 heavy (non-hydrogen) atoms. The minimum atomic E-state index is 0.656. The third-order valence-corrected chi connectivity index (χ3v) is 2.40. The Bertz CT molecular complexity index is 491. The van der Waals surface area contributed by atoms with E-state index in [-0.39, 0.29) is 0 Å². The average Bonchev–Trinajstić information content (AvgIpc) is 2.61. The molecular weight excluding hydrogens is 304 g/mol. The highest BCUT2D eigenvalue weighted by molar-refractivity contribution is 5.74. The van der Waals surface area contributed by atoms with Crippen LogP contribution in [0, 0.1) is 0 Å². The molecule has 0 radical (unpaired) electrons. The molecular formula is C20H24O4. The molecule has 0 rings (SSSR count). The molecule has 0 unspecified atom stereocenters. The highest BCUT2D eigenvalue weighted by Gasteiger charge is 1.80. The van der Waals surface area contributed by atoms with Gasteiger partial charge < -0.3 is 0 Å². The molecule has 0 aromatic heterocycles. The first-order chi connectivity index (χ1) is 11.4. The van der Waals surface area contributed by atoms with Crippen molar-refractivity contribution in [3.05, 3.63) is 70.9 Å². The highest BCUT2D eigenvalue weighted by atomic mass is 16.1. The van der Waals surface area contributed by atoms with Crippen molar-refractivity contribution in [1.29, 1.82) is 0 Å². The van der Waals surface area contributed by atoms with Crippen molar-refractivity contribution >= 4 is 25.1 Å². The van der Waals surface area contributed by atoms with Crippen LogP contribution in [0.15, 0.2) is 70.9 Å². The van der Waals surface area contributed by atoms with Crippen molar-refractivity contribution in [2.45, 2.75) is 27.7 Å². The van der Waals surface area contributed by atoms with Gasteiger partial charge in [-0.05, 0) is 50.0 Å². The summed E-state index contributed by atoms with van der Waals surface area (Å²) in [5.41, 5.74) is 2.62. The van der Waals surface area contributed by atoms with Gasteiger partial charge >= 0.3 is 0 Å². The van der Waals surface area contributed by atoms with Gasteiger partial charge in [-0.3, -0.25) is 19.2 Å². The third-order valence-electron chi connectivity index (χ3n) is 2.40. The highest BCUT2D eigenvalue weighted by Crippen LogP contribution is 1.91. The van der Waals surface area contributed by atoms with E-state index in [0.717, 1.165) is 25.1 Å². The summed E-state index contributed by atoms with van der Waals surface area (Å²) in [6.07, 6.45) is 16.7. The Balaban J connectivity index is 0. The number of hydrogen-bond donors (Lipinski definition) is 0. The topological polar surface area (TPSA) is 68.3 Å². The van der Waals surface area contributed by atoms with Crippen molar-refractivity contribution < 1.29 is 19.2 Å². The molecule has 0 aromatic rings. The lowest BCUT2D eigenvalue weighted by Crippen LogP contribution is -1.73. The Labute approximate surface area is 143 Å². The van der Waals surface area contributed by atoms with Crippen molar-refractivity contribution in [1.82, 2.24) is 0 Å². The fraction of sp³-hybridized carbons (Fsp3) is 0.200. The number of hydrogen-bond acceptors (Lipinski definition) is 4. The van der Waals surface area contributed by atoms with Crippen LogP contribution in [0.25, 0.3) is 0 Å². The number of aldehydes is 4. The maximum absolute atomic E-state index is 10.1. The van der Waals surface area contributed by atoms with Crippen molar-refractivity contribution in [3.8, 4) is 0 Å². The second-order valence-electron chi connectivity index (χ2n) is 4.88. The van der Waals surface area contributed by atoms with Crippen LogP contribution in [0.4, 0.5) is 0 Å². The predicted molar refractivity (Wildman–Crippen MR) is 97.6 cm³/mol. The second kappa shape index (κ2) is 16.5. The number of allylic oxidation sites excluding steroid dienone is 12. The molecule has 0 aliphatic heterocycles. The van der Waals surface area contributed by atoms with Gasteiger partial charge in [-0.25, -0.2) is 0 Å². The zero-order valence-electron chi connectivity index (χ0n) is 14.6. The van der Waals surface area contributed by atoms with E-state index in [4.69, 9.17) is 0 Å². The van der Waals surface area contributed by atoms with Gasteiger partial charge in [0.15, 0.2) is 0 Å². The molecule has 128 valence electrons. The summed E-state index contributed by atoms with van der Waals surface area (Å²) in [5, 5.41) is 0. The smallest absolute Gasteiger partial charge is 0.145 e. The Kier molecular flexibility index (Phi) is 16.1. The van der Waals surface area contributed by atoms with Crippen LogP contribution in [0.3, 0.4) is 0 Å². The van der Waals surface area contributed by atoms with Crippen LogP contribution >= 0.6 is 0 Å². The quantitative estimate of drug-likeness (QED) is 0.387. The summed E-state index contributed by atoms with van der Waals surface area (Å²) in [7, 11) is 0. The van der Waals surface area contributed by atoms with Crippen LogP contribution in [-0.4, -0.2) is 25.1 Å². The molecule has 0 bridgehead atoms. The summed E-state index contributed by atoms with van der Waals surface area (Å²) in [4.78, 5) is 40.5. The van der Waals surface area contributed by atoms with Crippen molar-refractivity contribution in [2.75, 3.05) is 0 Å². The van der Waals surface area contributed by atoms with Crippen molar-refractivity contribution in [2.24, 2.45) is 0 Å². The van der Waals surface area contributed by atoms with Gasteiger partial charge in [-0.15, -0.1) is 0 Å². The molecule has 0 amide bonds. The van der Waals surface area contributed by atoms with Crippen LogP contribution in [0.5, 0.6) is 0 Å². The van der Waals surface area contributed by atoms with Gasteiger partial charge in [0.05, 0.1) is 0 Å². The molecule has 0 atom stereocenters. The first-order valence-electron chi connectivity index (χ1n) is 7.25. The molecule has 0 heterocycles. The molecule has 4 heteroatoms. The summed E-state index contributed by atoms with van der Waals surface area (Å²) in [6, 6.07) is 0. The van der Waals surface area contributed by atoms with E-state index in [9.17, 15) is 19.2 Å². The van der Waals surface area contributed by atoms with E-state index in [1.165, 1.54) is 0 Å². The maximum Gasteiger partial charge on any atom is 0.145 e. The Morgan fingerprint density at radius 1 is 0.417 bits per heavy atom. The average molecular weight is 328 g/mol. The standard InChI is InChI=1S/2C10H12O2/c2*1-9(7-11)5-3-4-6-10(2)8-12/h2*3-8H,1-2H3/b4-3+,9-5+,10-6+;4-3+,9-5-,10-6+. The van der Waals surface area contributed by atoms with Crippen molar-refractivity contribution in [3.63, 3.8) is 0 Å². The largest absolute Gasteiger partial charge is 0.298 e. The van der Waals surface area contributed by atoms with Crippen LogP contribution in [0.2, 0.25) is 0 Å². The molecule has 0 saturated carbocycles. The van der Waals surface area contributed by atoms with E-state index in [2.05, 4.69) is 0 Å². The van der Waals surface area contributed by atoms with Gasteiger partial charge in [-0.2, -0.15) is 0 Å². The summed E-state index contributed by atoms with van der Waals surface area (Å²) < 4.78 is 0. The van der Waals surface area contributed by atoms with Gasteiger partial charge in [0.2, 0.25) is 0 Å². The van der Waals surface area contributed by atoms with Crippen LogP contribution in [-0.2, 0) is 19.2 Å². The van der Waals surface area contributed by atoms with Gasteiger partial charge in [0.1, 0.15) is 25.1 Å². The minimum Gasteiger partial charge on any atom is -0.298 e. The van der Waals surface area contributed by atoms with Gasteiger partial charge in [-0.1, -0.05) is 48.6 Å². The minimum absolute atomic E-state index is 0.656. The zero-order chi connectivity index (χ0) is 18.8. The lowest BCUT2D eigenvalue weighted by atomic mass is 10.2. The first kappa shape index (κ1) is 23.4. The maximum atomic E-state index is 10.1. The zero-order valence-corrected chi connectivity index (χ0v) is 14.6. The molecule has 0 saturated heterocycles. The van der Waals surface area contributed by atoms with E-state index in [0.29, 0.717) is 22.3 Å². The summed E-state index contributed by atoms with van der Waals surface area (Å²) in [6.45, 7) is 6.86. The first-order valence-corrected chi connectivity index (χ1v) is 7.25. The number of carbonyl (C=O) groups is 4. The van der Waals surface area contributed by atoms with E-state index in [1.807, 2.05) is 0 Å². The molecule has 0 aliphatic carbocycles. The Hall–Kier alpha value is -2.88. The van der Waals surface area contributed by atoms with E-state index < -0.39 is 0 Å². The molecule has 0 fully saturated rings. The monoisotopic (exact) mass is 328 g/mol. The van der Waals surface area contributed by atoms with Gasteiger partial charge in [0.25, 0.3) is 0 Å². The van der Waals surface area contributed by atoms with E-state index in [1.54, 1.807) is 76.3 Å². The normalized spacial score (nSPS) is 13.5. The van der Waals surface area contributed by atoms with Gasteiger partial charge in [0, 0.05) is 0 Å². The third kappa shape index (κ3) is 17.2. The fourth-order valence-corrected chi connectivity index (χ4v) is 0.986. The predicted octanol–water partition coefficient (Wildman–Crippen LogP) is 3.67. The molecule has 0 spiro atoms. The van der Waals surface area contributed by atoms with E-state index >= 15 is 0 Å². The fourth-order valence-electron chi connectivity index (χ4n) is 0.986. The molecule has 0 aromatic carbocycles. The molecule has 0 aliphatic rings. The van der Waals surface area contributed by atoms with Crippen LogP contribution < -0.4 is 0 Å². The Morgan fingerprint density at radius 3 is 0.708 bits per heavy atom. The summed E-state index contributed by atoms with van der Waals surface area (Å²) >= 11 is 0.